The molecule has 0 radical (unpaired) electrons. The molecule has 1 heterocycles. The number of methoxy groups -OCH3 is 2. The first-order chi connectivity index (χ1) is 12.8. The van der Waals surface area contributed by atoms with E-state index in [1.807, 2.05) is 0 Å². The first-order valence-corrected chi connectivity index (χ1v) is 9.46. The molecule has 0 spiro atoms. The van der Waals surface area contributed by atoms with E-state index in [1.54, 1.807) is 24.3 Å². The van der Waals surface area contributed by atoms with Crippen LogP contribution in [0.3, 0.4) is 0 Å². The lowest BCUT2D eigenvalue weighted by Gasteiger charge is -2.23. The highest BCUT2D eigenvalue weighted by molar-refractivity contribution is 7.90. The molecule has 3 rings (SSSR count). The minimum absolute atomic E-state index is 0.0520. The number of sulfonamides is 1. The van der Waals surface area contributed by atoms with E-state index in [0.717, 1.165) is 0 Å². The highest BCUT2D eigenvalue weighted by Crippen LogP contribution is 2.33. The number of rotatable bonds is 5. The van der Waals surface area contributed by atoms with Gasteiger partial charge in [-0.05, 0) is 31.2 Å². The molecule has 2 aromatic rings. The number of anilines is 1. The molecule has 0 saturated carbocycles. The summed E-state index contributed by atoms with van der Waals surface area (Å²) in [5.74, 6) is -0.552. The van der Waals surface area contributed by atoms with E-state index >= 15 is 0 Å². The number of amides is 2. The number of carbonyl (C=O) groups excluding carboxylic acids is 2. The number of carbonyl (C=O) groups is 2. The Bertz CT molecular complexity index is 1020. The average molecular weight is 390 g/mol. The normalized spacial score (nSPS) is 15.8. The van der Waals surface area contributed by atoms with Crippen molar-refractivity contribution in [2.24, 2.45) is 0 Å². The van der Waals surface area contributed by atoms with Crippen molar-refractivity contribution in [1.82, 2.24) is 4.31 Å². The molecule has 0 fully saturated rings. The topological polar surface area (TPSA) is 102 Å². The van der Waals surface area contributed by atoms with Gasteiger partial charge in [0.25, 0.3) is 15.9 Å². The summed E-state index contributed by atoms with van der Waals surface area (Å²) in [4.78, 5) is 25.1. The second-order valence-electron chi connectivity index (χ2n) is 5.83. The summed E-state index contributed by atoms with van der Waals surface area (Å²) < 4.78 is 36.3. The monoisotopic (exact) mass is 390 g/mol. The van der Waals surface area contributed by atoms with Crippen molar-refractivity contribution >= 4 is 27.5 Å². The van der Waals surface area contributed by atoms with Crippen molar-refractivity contribution in [3.8, 4) is 11.5 Å². The van der Waals surface area contributed by atoms with Gasteiger partial charge in [-0.15, -0.1) is 0 Å². The largest absolute Gasteiger partial charge is 0.497 e. The van der Waals surface area contributed by atoms with E-state index in [0.29, 0.717) is 21.5 Å². The van der Waals surface area contributed by atoms with Crippen LogP contribution in [0.1, 0.15) is 17.3 Å². The van der Waals surface area contributed by atoms with E-state index in [4.69, 9.17) is 9.47 Å². The molecule has 2 amide bonds. The molecule has 8 nitrogen and oxygen atoms in total. The fourth-order valence-corrected chi connectivity index (χ4v) is 4.57. The van der Waals surface area contributed by atoms with E-state index in [9.17, 15) is 18.0 Å². The second kappa shape index (κ2) is 6.92. The lowest BCUT2D eigenvalue weighted by atomic mass is 10.2. The Morgan fingerprint density at radius 1 is 1.11 bits per heavy atom. The Labute approximate surface area is 156 Å². The second-order valence-corrected chi connectivity index (χ2v) is 7.62. The Morgan fingerprint density at radius 3 is 2.44 bits per heavy atom. The van der Waals surface area contributed by atoms with Crippen LogP contribution >= 0.6 is 0 Å². The summed E-state index contributed by atoms with van der Waals surface area (Å²) >= 11 is 0. The van der Waals surface area contributed by atoms with Crippen LogP contribution in [0.15, 0.2) is 47.4 Å². The summed E-state index contributed by atoms with van der Waals surface area (Å²) in [6, 6.07) is 9.41. The van der Waals surface area contributed by atoms with Crippen LogP contribution < -0.4 is 14.8 Å². The number of ether oxygens (including phenoxy) is 2. The molecule has 1 N–H and O–H groups in total. The number of hydrogen-bond donors (Lipinski definition) is 1. The number of benzene rings is 2. The molecule has 142 valence electrons. The summed E-state index contributed by atoms with van der Waals surface area (Å²) in [7, 11) is -1.18. The van der Waals surface area contributed by atoms with E-state index in [-0.39, 0.29) is 10.5 Å². The van der Waals surface area contributed by atoms with E-state index < -0.39 is 27.9 Å². The maximum absolute atomic E-state index is 12.7. The molecule has 1 atom stereocenters. The molecule has 0 bridgehead atoms. The fraction of sp³-hybridized carbons (Fsp3) is 0.222. The molecular formula is C18H18N2O6S. The van der Waals surface area contributed by atoms with Gasteiger partial charge in [0.05, 0.1) is 25.5 Å². The smallest absolute Gasteiger partial charge is 0.269 e. The van der Waals surface area contributed by atoms with Gasteiger partial charge in [-0.3, -0.25) is 9.59 Å². The van der Waals surface area contributed by atoms with Crippen molar-refractivity contribution in [3.63, 3.8) is 0 Å². The molecular weight excluding hydrogens is 372 g/mol. The standard InChI is InChI=1S/C18H18N2O6S/c1-11(17(21)19-14-10-12(25-2)8-9-15(14)26-3)20-18(22)13-6-4-5-7-16(13)27(20,23)24/h4-11H,1-3H3,(H,19,21)/t11-/m0/s1. The minimum Gasteiger partial charge on any atom is -0.497 e. The maximum atomic E-state index is 12.7. The van der Waals surface area contributed by atoms with Crippen molar-refractivity contribution < 1.29 is 27.5 Å². The van der Waals surface area contributed by atoms with Crippen LogP contribution in [0.4, 0.5) is 5.69 Å². The van der Waals surface area contributed by atoms with Crippen molar-refractivity contribution in [1.29, 1.82) is 0 Å². The first-order valence-electron chi connectivity index (χ1n) is 8.02. The third-order valence-electron chi connectivity index (χ3n) is 4.25. The van der Waals surface area contributed by atoms with Gasteiger partial charge in [-0.1, -0.05) is 12.1 Å². The number of nitrogens with zero attached hydrogens (tertiary/aromatic N) is 1. The SMILES string of the molecule is COc1ccc(OC)c(NC(=O)[C@H](C)N2C(=O)c3ccccc3S2(=O)=O)c1. The van der Waals surface area contributed by atoms with Gasteiger partial charge in [0, 0.05) is 6.07 Å². The molecule has 0 saturated heterocycles. The van der Waals surface area contributed by atoms with Gasteiger partial charge in [0.15, 0.2) is 0 Å². The fourth-order valence-electron chi connectivity index (χ4n) is 2.84. The van der Waals surface area contributed by atoms with Gasteiger partial charge < -0.3 is 14.8 Å². The van der Waals surface area contributed by atoms with E-state index in [1.165, 1.54) is 39.3 Å². The lowest BCUT2D eigenvalue weighted by molar-refractivity contribution is -0.118. The van der Waals surface area contributed by atoms with Crippen molar-refractivity contribution in [3.05, 3.63) is 48.0 Å². The zero-order valence-corrected chi connectivity index (χ0v) is 15.7. The predicted molar refractivity (Wildman–Crippen MR) is 97.4 cm³/mol. The summed E-state index contributed by atoms with van der Waals surface area (Å²) in [5, 5.41) is 2.60. The average Bonchev–Trinajstić information content (AvgIpc) is 2.87. The molecule has 1 aliphatic rings. The van der Waals surface area contributed by atoms with Crippen LogP contribution in [0.2, 0.25) is 0 Å². The van der Waals surface area contributed by atoms with Crippen LogP contribution in [-0.4, -0.2) is 44.8 Å². The summed E-state index contributed by atoms with van der Waals surface area (Å²) in [6.45, 7) is 1.35. The van der Waals surface area contributed by atoms with Gasteiger partial charge in [0.1, 0.15) is 22.4 Å². The maximum Gasteiger partial charge on any atom is 0.269 e. The Kier molecular flexibility index (Phi) is 4.79. The summed E-state index contributed by atoms with van der Waals surface area (Å²) in [6.07, 6.45) is 0. The molecule has 1 aliphatic heterocycles. The molecule has 2 aromatic carbocycles. The number of hydrogen-bond acceptors (Lipinski definition) is 6. The van der Waals surface area contributed by atoms with E-state index in [2.05, 4.69) is 5.32 Å². The third kappa shape index (κ3) is 3.10. The molecule has 27 heavy (non-hydrogen) atoms. The number of fused-ring (bicyclic) bond motifs is 1. The van der Waals surface area contributed by atoms with Crippen LogP contribution in [0, 0.1) is 0 Å². The van der Waals surface area contributed by atoms with Crippen molar-refractivity contribution in [2.45, 2.75) is 17.9 Å². The van der Waals surface area contributed by atoms with Crippen LogP contribution in [0.25, 0.3) is 0 Å². The molecule has 0 unspecified atom stereocenters. The third-order valence-corrected chi connectivity index (χ3v) is 6.16. The first kappa shape index (κ1) is 18.7. The Morgan fingerprint density at radius 2 is 1.81 bits per heavy atom. The van der Waals surface area contributed by atoms with Gasteiger partial charge in [0.2, 0.25) is 5.91 Å². The van der Waals surface area contributed by atoms with Gasteiger partial charge in [-0.25, -0.2) is 12.7 Å². The predicted octanol–water partition coefficient (Wildman–Crippen LogP) is 1.88. The highest BCUT2D eigenvalue weighted by atomic mass is 32.2. The molecule has 0 aliphatic carbocycles. The minimum atomic E-state index is -4.09. The van der Waals surface area contributed by atoms with Gasteiger partial charge >= 0.3 is 0 Å². The van der Waals surface area contributed by atoms with Crippen LogP contribution in [-0.2, 0) is 14.8 Å². The quantitative estimate of drug-likeness (QED) is 0.836. The lowest BCUT2D eigenvalue weighted by Crippen LogP contribution is -2.45. The Balaban J connectivity index is 1.90. The van der Waals surface area contributed by atoms with Gasteiger partial charge in [-0.2, -0.15) is 0 Å². The molecule has 9 heteroatoms. The zero-order chi connectivity index (χ0) is 19.8. The summed E-state index contributed by atoms with van der Waals surface area (Å²) in [5.41, 5.74) is 0.353. The van der Waals surface area contributed by atoms with Crippen LogP contribution in [0.5, 0.6) is 11.5 Å². The Hall–Kier alpha value is -3.07. The molecule has 0 aromatic heterocycles. The van der Waals surface area contributed by atoms with Crippen molar-refractivity contribution in [2.75, 3.05) is 19.5 Å². The number of nitrogens with one attached hydrogen (secondary N) is 1. The highest BCUT2D eigenvalue weighted by Gasteiger charge is 2.45. The zero-order valence-electron chi connectivity index (χ0n) is 14.9.